The summed E-state index contributed by atoms with van der Waals surface area (Å²) in [5.74, 6) is 0.775. The lowest BCUT2D eigenvalue weighted by Gasteiger charge is -2.37. The van der Waals surface area contributed by atoms with Crippen molar-refractivity contribution in [1.29, 1.82) is 0 Å². The maximum atomic E-state index is 12.7. The van der Waals surface area contributed by atoms with Crippen LogP contribution in [0.3, 0.4) is 0 Å². The van der Waals surface area contributed by atoms with Crippen molar-refractivity contribution in [1.82, 2.24) is 9.80 Å². The van der Waals surface area contributed by atoms with Crippen LogP contribution in [-0.4, -0.2) is 55.5 Å². The highest BCUT2D eigenvalue weighted by molar-refractivity contribution is 5.78. The third kappa shape index (κ3) is 5.35. The van der Waals surface area contributed by atoms with Gasteiger partial charge >= 0.3 is 0 Å². The molecular weight excluding hydrogens is 346 g/mol. The van der Waals surface area contributed by atoms with E-state index in [2.05, 4.69) is 79.1 Å². The molecule has 3 rings (SSSR count). The second-order valence-corrected chi connectivity index (χ2v) is 8.28. The Morgan fingerprint density at radius 1 is 1.04 bits per heavy atom. The smallest absolute Gasteiger partial charge is 0.236 e. The molecule has 1 amide bonds. The number of carbonyl (C=O) groups is 1. The Hall–Kier alpha value is -2.33. The highest BCUT2D eigenvalue weighted by Crippen LogP contribution is 2.18. The van der Waals surface area contributed by atoms with Gasteiger partial charge in [-0.2, -0.15) is 0 Å². The van der Waals surface area contributed by atoms with Crippen molar-refractivity contribution in [2.45, 2.75) is 33.2 Å². The minimum Gasteiger partial charge on any atom is -0.368 e. The molecule has 0 N–H and O–H groups in total. The molecule has 1 saturated heterocycles. The summed E-state index contributed by atoms with van der Waals surface area (Å²) >= 11 is 0. The molecule has 0 unspecified atom stereocenters. The van der Waals surface area contributed by atoms with E-state index in [4.69, 9.17) is 0 Å². The molecule has 1 aliphatic rings. The average Bonchev–Trinajstić information content (AvgIpc) is 2.68. The molecule has 0 saturated carbocycles. The number of carbonyl (C=O) groups excluding carboxylic acids is 1. The molecular formula is C24H33N3O. The van der Waals surface area contributed by atoms with Crippen molar-refractivity contribution < 1.29 is 4.79 Å². The van der Waals surface area contributed by atoms with Crippen LogP contribution in [-0.2, 0) is 11.3 Å². The summed E-state index contributed by atoms with van der Waals surface area (Å²) in [5, 5.41) is 0. The summed E-state index contributed by atoms with van der Waals surface area (Å²) in [4.78, 5) is 19.2. The van der Waals surface area contributed by atoms with E-state index in [9.17, 15) is 4.79 Å². The summed E-state index contributed by atoms with van der Waals surface area (Å²) in [6, 6.07) is 17.3. The molecule has 0 aliphatic carbocycles. The second-order valence-electron chi connectivity index (χ2n) is 8.28. The SMILES string of the molecule is Cc1cccc(N2CCN(C(=O)CN(C)Cc3ccc(C(C)C)cc3)CC2)c1. The lowest BCUT2D eigenvalue weighted by molar-refractivity contribution is -0.132. The lowest BCUT2D eigenvalue weighted by Crippen LogP contribution is -2.51. The van der Waals surface area contributed by atoms with Gasteiger partial charge in [0.15, 0.2) is 0 Å². The van der Waals surface area contributed by atoms with Crippen molar-refractivity contribution in [3.8, 4) is 0 Å². The van der Waals surface area contributed by atoms with Crippen LogP contribution in [0.2, 0.25) is 0 Å². The van der Waals surface area contributed by atoms with E-state index in [1.54, 1.807) is 0 Å². The standard InChI is InChI=1S/C24H33N3O/c1-19(2)22-10-8-21(9-11-22)17-25(4)18-24(28)27-14-12-26(13-15-27)23-7-5-6-20(3)16-23/h5-11,16,19H,12-15,17-18H2,1-4H3. The number of hydrogen-bond donors (Lipinski definition) is 0. The molecule has 0 aromatic heterocycles. The van der Waals surface area contributed by atoms with Crippen LogP contribution in [0, 0.1) is 6.92 Å². The van der Waals surface area contributed by atoms with Crippen molar-refractivity contribution in [3.05, 3.63) is 65.2 Å². The molecule has 2 aromatic rings. The van der Waals surface area contributed by atoms with Crippen LogP contribution in [0.5, 0.6) is 0 Å². The van der Waals surface area contributed by atoms with E-state index < -0.39 is 0 Å². The molecule has 0 spiro atoms. The zero-order valence-electron chi connectivity index (χ0n) is 17.7. The molecule has 1 aliphatic heterocycles. The van der Waals surface area contributed by atoms with Crippen molar-refractivity contribution in [3.63, 3.8) is 0 Å². The van der Waals surface area contributed by atoms with Crippen LogP contribution < -0.4 is 4.90 Å². The fourth-order valence-corrected chi connectivity index (χ4v) is 3.75. The summed E-state index contributed by atoms with van der Waals surface area (Å²) in [5.41, 5.74) is 5.14. The van der Waals surface area contributed by atoms with Crippen LogP contribution in [0.4, 0.5) is 5.69 Å². The van der Waals surface area contributed by atoms with Gasteiger partial charge in [0, 0.05) is 38.4 Å². The lowest BCUT2D eigenvalue weighted by atomic mass is 10.0. The number of likely N-dealkylation sites (N-methyl/N-ethyl adjacent to an activating group) is 1. The van der Waals surface area contributed by atoms with Gasteiger partial charge in [-0.25, -0.2) is 0 Å². The van der Waals surface area contributed by atoms with Gasteiger partial charge in [-0.15, -0.1) is 0 Å². The molecule has 1 fully saturated rings. The van der Waals surface area contributed by atoms with E-state index >= 15 is 0 Å². The zero-order chi connectivity index (χ0) is 20.1. The predicted octanol–water partition coefficient (Wildman–Crippen LogP) is 3.90. The van der Waals surface area contributed by atoms with Gasteiger partial charge < -0.3 is 9.80 Å². The van der Waals surface area contributed by atoms with Gasteiger partial charge in [0.1, 0.15) is 0 Å². The number of benzene rings is 2. The minimum atomic E-state index is 0.227. The van der Waals surface area contributed by atoms with Crippen LogP contribution in [0.25, 0.3) is 0 Å². The number of nitrogens with zero attached hydrogens (tertiary/aromatic N) is 3. The van der Waals surface area contributed by atoms with Crippen LogP contribution >= 0.6 is 0 Å². The number of rotatable bonds is 6. The molecule has 2 aromatic carbocycles. The summed E-state index contributed by atoms with van der Waals surface area (Å²) in [6.07, 6.45) is 0. The Morgan fingerprint density at radius 2 is 1.71 bits per heavy atom. The molecule has 28 heavy (non-hydrogen) atoms. The van der Waals surface area contributed by atoms with E-state index in [-0.39, 0.29) is 5.91 Å². The van der Waals surface area contributed by atoms with Gasteiger partial charge in [-0.3, -0.25) is 9.69 Å². The molecule has 150 valence electrons. The Balaban J connectivity index is 1.47. The molecule has 0 atom stereocenters. The summed E-state index contributed by atoms with van der Waals surface area (Å²) in [7, 11) is 2.03. The molecule has 0 radical (unpaired) electrons. The minimum absolute atomic E-state index is 0.227. The number of anilines is 1. The van der Waals surface area contributed by atoms with E-state index in [0.717, 1.165) is 32.7 Å². The maximum absolute atomic E-state index is 12.7. The molecule has 0 bridgehead atoms. The normalized spacial score (nSPS) is 14.8. The monoisotopic (exact) mass is 379 g/mol. The van der Waals surface area contributed by atoms with Crippen molar-refractivity contribution >= 4 is 11.6 Å². The van der Waals surface area contributed by atoms with E-state index in [1.807, 2.05) is 11.9 Å². The molecule has 4 nitrogen and oxygen atoms in total. The Morgan fingerprint density at radius 3 is 2.32 bits per heavy atom. The van der Waals surface area contributed by atoms with Crippen LogP contribution in [0.15, 0.2) is 48.5 Å². The molecule has 4 heteroatoms. The first-order chi connectivity index (χ1) is 13.4. The third-order valence-electron chi connectivity index (χ3n) is 5.50. The number of hydrogen-bond acceptors (Lipinski definition) is 3. The van der Waals surface area contributed by atoms with Gasteiger partial charge in [-0.1, -0.05) is 50.2 Å². The van der Waals surface area contributed by atoms with E-state index in [0.29, 0.717) is 12.5 Å². The first-order valence-electron chi connectivity index (χ1n) is 10.3. The summed E-state index contributed by atoms with van der Waals surface area (Å²) in [6.45, 7) is 11.2. The first kappa shape index (κ1) is 20.4. The fourth-order valence-electron chi connectivity index (χ4n) is 3.75. The Bertz CT molecular complexity index is 777. The van der Waals surface area contributed by atoms with E-state index in [1.165, 1.54) is 22.4 Å². The third-order valence-corrected chi connectivity index (χ3v) is 5.50. The highest BCUT2D eigenvalue weighted by atomic mass is 16.2. The quantitative estimate of drug-likeness (QED) is 0.762. The average molecular weight is 380 g/mol. The topological polar surface area (TPSA) is 26.8 Å². The number of amides is 1. The van der Waals surface area contributed by atoms with Gasteiger partial charge in [-0.05, 0) is 48.7 Å². The number of aryl methyl sites for hydroxylation is 1. The Labute approximate surface area is 169 Å². The Kier molecular flexibility index (Phi) is 6.74. The second kappa shape index (κ2) is 9.24. The maximum Gasteiger partial charge on any atom is 0.236 e. The predicted molar refractivity (Wildman–Crippen MR) is 117 cm³/mol. The fraction of sp³-hybridized carbons (Fsp3) is 0.458. The van der Waals surface area contributed by atoms with Crippen molar-refractivity contribution in [2.24, 2.45) is 0 Å². The molecule has 1 heterocycles. The van der Waals surface area contributed by atoms with Gasteiger partial charge in [0.25, 0.3) is 0 Å². The summed E-state index contributed by atoms with van der Waals surface area (Å²) < 4.78 is 0. The number of piperazine rings is 1. The van der Waals surface area contributed by atoms with Gasteiger partial charge in [0.2, 0.25) is 5.91 Å². The first-order valence-corrected chi connectivity index (χ1v) is 10.3. The van der Waals surface area contributed by atoms with Gasteiger partial charge in [0.05, 0.1) is 6.54 Å². The highest BCUT2D eigenvalue weighted by Gasteiger charge is 2.22. The van der Waals surface area contributed by atoms with Crippen molar-refractivity contribution in [2.75, 3.05) is 44.7 Å². The largest absolute Gasteiger partial charge is 0.368 e. The van der Waals surface area contributed by atoms with Crippen LogP contribution in [0.1, 0.15) is 36.5 Å². The zero-order valence-corrected chi connectivity index (χ0v) is 17.7.